The highest BCUT2D eigenvalue weighted by Gasteiger charge is 2.22. The van der Waals surface area contributed by atoms with E-state index in [1.165, 1.54) is 0 Å². The molecule has 0 saturated carbocycles. The molecule has 4 aromatic carbocycles. The first-order valence-electron chi connectivity index (χ1n) is 10.3. The van der Waals surface area contributed by atoms with Crippen molar-refractivity contribution in [3.05, 3.63) is 95.6 Å². The number of para-hydroxylation sites is 2. The van der Waals surface area contributed by atoms with E-state index in [1.807, 2.05) is 51.1 Å². The van der Waals surface area contributed by atoms with Gasteiger partial charge in [-0.3, -0.25) is 4.90 Å². The lowest BCUT2D eigenvalue weighted by atomic mass is 10.1. The van der Waals surface area contributed by atoms with Gasteiger partial charge in [0.2, 0.25) is 0 Å². The first-order chi connectivity index (χ1) is 15.3. The number of aromatic hydroxyl groups is 3. The fourth-order valence-electron chi connectivity index (χ4n) is 3.54. The van der Waals surface area contributed by atoms with Crippen LogP contribution in [0, 0.1) is 20.8 Å². The number of ether oxygens (including phenoxy) is 1. The number of hydrogen-bond acceptors (Lipinski definition) is 5. The van der Waals surface area contributed by atoms with Gasteiger partial charge in [0, 0.05) is 6.07 Å². The quantitative estimate of drug-likeness (QED) is 0.320. The average molecular weight is 428 g/mol. The molecule has 162 valence electrons. The predicted octanol–water partition coefficient (Wildman–Crippen LogP) is 6.99. The second-order valence-corrected chi connectivity index (χ2v) is 7.84. The molecule has 5 heteroatoms. The van der Waals surface area contributed by atoms with Crippen molar-refractivity contribution < 1.29 is 20.1 Å². The molecule has 0 amide bonds. The summed E-state index contributed by atoms with van der Waals surface area (Å²) in [6.45, 7) is 5.62. The molecule has 0 radical (unpaired) electrons. The number of nitrogens with zero attached hydrogens (tertiary/aromatic N) is 1. The van der Waals surface area contributed by atoms with Crippen LogP contribution in [0.2, 0.25) is 0 Å². The Morgan fingerprint density at radius 3 is 1.75 bits per heavy atom. The van der Waals surface area contributed by atoms with Crippen LogP contribution in [0.15, 0.2) is 78.9 Å². The van der Waals surface area contributed by atoms with Gasteiger partial charge in [-0.15, -0.1) is 0 Å². The van der Waals surface area contributed by atoms with E-state index < -0.39 is 0 Å². The Kier molecular flexibility index (Phi) is 5.65. The van der Waals surface area contributed by atoms with E-state index in [9.17, 15) is 15.3 Å². The maximum absolute atomic E-state index is 10.8. The number of phenolic OH excluding ortho intramolecular Hbond substituents is 3. The summed E-state index contributed by atoms with van der Waals surface area (Å²) in [5.74, 6) is 1.27. The molecule has 5 nitrogen and oxygen atoms in total. The van der Waals surface area contributed by atoms with Crippen LogP contribution in [0.25, 0.3) is 0 Å². The van der Waals surface area contributed by atoms with Crippen LogP contribution in [0.1, 0.15) is 16.7 Å². The molecule has 4 rings (SSSR count). The van der Waals surface area contributed by atoms with E-state index in [-0.39, 0.29) is 17.2 Å². The maximum Gasteiger partial charge on any atom is 0.151 e. The normalized spacial score (nSPS) is 10.7. The summed E-state index contributed by atoms with van der Waals surface area (Å²) in [7, 11) is 0. The highest BCUT2D eigenvalue weighted by atomic mass is 16.5. The van der Waals surface area contributed by atoms with Gasteiger partial charge < -0.3 is 20.1 Å². The number of benzene rings is 4. The Labute approximate surface area is 187 Å². The first kappa shape index (κ1) is 21.1. The van der Waals surface area contributed by atoms with E-state index >= 15 is 0 Å². The van der Waals surface area contributed by atoms with Crippen LogP contribution >= 0.6 is 0 Å². The minimum absolute atomic E-state index is 0.0766. The third kappa shape index (κ3) is 4.18. The standard InChI is InChI=1S/C27H25NO4/c1-17-8-12-21(25(30)14-17)28(22-13-9-18(2)15-26(22)31)23-6-4-5-7-27(23)32-20-11-10-19(3)24(29)16-20/h4-16,29-31H,1-3H3. The number of anilines is 3. The maximum atomic E-state index is 10.8. The van der Waals surface area contributed by atoms with Crippen molar-refractivity contribution in [3.63, 3.8) is 0 Å². The Balaban J connectivity index is 1.89. The lowest BCUT2D eigenvalue weighted by Gasteiger charge is -2.28. The fourth-order valence-corrected chi connectivity index (χ4v) is 3.54. The van der Waals surface area contributed by atoms with Crippen molar-refractivity contribution in [1.29, 1.82) is 0 Å². The van der Waals surface area contributed by atoms with Gasteiger partial charge in [0.1, 0.15) is 23.0 Å². The summed E-state index contributed by atoms with van der Waals surface area (Å²) in [4.78, 5) is 1.76. The Morgan fingerprint density at radius 1 is 0.594 bits per heavy atom. The summed E-state index contributed by atoms with van der Waals surface area (Å²) in [5.41, 5.74) is 4.19. The Morgan fingerprint density at radius 2 is 1.19 bits per heavy atom. The molecule has 0 saturated heterocycles. The topological polar surface area (TPSA) is 73.2 Å². The van der Waals surface area contributed by atoms with Crippen molar-refractivity contribution in [1.82, 2.24) is 0 Å². The number of rotatable bonds is 5. The SMILES string of the molecule is Cc1ccc(N(c2ccc(C)cc2O)c2ccccc2Oc2ccc(C)c(O)c2)c(O)c1. The van der Waals surface area contributed by atoms with E-state index in [0.29, 0.717) is 28.6 Å². The van der Waals surface area contributed by atoms with Crippen molar-refractivity contribution >= 4 is 17.1 Å². The smallest absolute Gasteiger partial charge is 0.151 e. The predicted molar refractivity (Wildman–Crippen MR) is 127 cm³/mol. The minimum atomic E-state index is 0.0766. The van der Waals surface area contributed by atoms with E-state index in [0.717, 1.165) is 16.7 Å². The lowest BCUT2D eigenvalue weighted by molar-refractivity contribution is 0.452. The van der Waals surface area contributed by atoms with Gasteiger partial charge in [0.15, 0.2) is 5.75 Å². The second-order valence-electron chi connectivity index (χ2n) is 7.84. The van der Waals surface area contributed by atoms with Gasteiger partial charge >= 0.3 is 0 Å². The zero-order chi connectivity index (χ0) is 22.8. The van der Waals surface area contributed by atoms with Gasteiger partial charge in [-0.25, -0.2) is 0 Å². The van der Waals surface area contributed by atoms with Crippen LogP contribution in [-0.4, -0.2) is 15.3 Å². The molecule has 0 aliphatic heterocycles. The summed E-state index contributed by atoms with van der Waals surface area (Å²) in [6.07, 6.45) is 0. The van der Waals surface area contributed by atoms with Gasteiger partial charge in [-0.2, -0.15) is 0 Å². The van der Waals surface area contributed by atoms with Crippen LogP contribution in [-0.2, 0) is 0 Å². The fraction of sp³-hybridized carbons (Fsp3) is 0.111. The van der Waals surface area contributed by atoms with E-state index in [1.54, 1.807) is 53.4 Å². The zero-order valence-electron chi connectivity index (χ0n) is 18.2. The van der Waals surface area contributed by atoms with E-state index in [2.05, 4.69) is 0 Å². The van der Waals surface area contributed by atoms with Crippen LogP contribution in [0.5, 0.6) is 28.7 Å². The van der Waals surface area contributed by atoms with Gasteiger partial charge in [-0.1, -0.05) is 30.3 Å². The van der Waals surface area contributed by atoms with Crippen molar-refractivity contribution in [2.24, 2.45) is 0 Å². The Hall–Kier alpha value is -4.12. The van der Waals surface area contributed by atoms with Crippen molar-refractivity contribution in [2.75, 3.05) is 4.90 Å². The minimum Gasteiger partial charge on any atom is -0.508 e. The molecule has 0 fully saturated rings. The summed E-state index contributed by atoms with van der Waals surface area (Å²) < 4.78 is 6.13. The number of phenols is 3. The third-order valence-corrected chi connectivity index (χ3v) is 5.26. The molecule has 0 unspecified atom stereocenters. The summed E-state index contributed by atoms with van der Waals surface area (Å²) in [5, 5.41) is 31.6. The first-order valence-corrected chi connectivity index (χ1v) is 10.3. The summed E-state index contributed by atoms with van der Waals surface area (Å²) in [6, 6.07) is 23.2. The molecule has 4 aromatic rings. The molecule has 32 heavy (non-hydrogen) atoms. The van der Waals surface area contributed by atoms with Crippen molar-refractivity contribution in [3.8, 4) is 28.7 Å². The molecule has 0 aromatic heterocycles. The largest absolute Gasteiger partial charge is 0.508 e. The average Bonchev–Trinajstić information content (AvgIpc) is 2.75. The van der Waals surface area contributed by atoms with Gasteiger partial charge in [0.25, 0.3) is 0 Å². The van der Waals surface area contributed by atoms with Crippen LogP contribution in [0.4, 0.5) is 17.1 Å². The third-order valence-electron chi connectivity index (χ3n) is 5.26. The Bertz CT molecular complexity index is 1230. The highest BCUT2D eigenvalue weighted by molar-refractivity contribution is 5.85. The molecule has 0 aliphatic carbocycles. The number of hydrogen-bond donors (Lipinski definition) is 3. The molecule has 0 spiro atoms. The lowest BCUT2D eigenvalue weighted by Crippen LogP contribution is -2.11. The molecule has 0 atom stereocenters. The summed E-state index contributed by atoms with van der Waals surface area (Å²) >= 11 is 0. The zero-order valence-corrected chi connectivity index (χ0v) is 18.2. The molecule has 0 bridgehead atoms. The molecule has 3 N–H and O–H groups in total. The second kappa shape index (κ2) is 8.55. The number of aryl methyl sites for hydroxylation is 3. The molecule has 0 aliphatic rings. The van der Waals surface area contributed by atoms with E-state index in [4.69, 9.17) is 4.74 Å². The van der Waals surface area contributed by atoms with Crippen molar-refractivity contribution in [2.45, 2.75) is 20.8 Å². The molecular weight excluding hydrogens is 402 g/mol. The monoisotopic (exact) mass is 427 g/mol. The van der Waals surface area contributed by atoms with Crippen LogP contribution < -0.4 is 9.64 Å². The van der Waals surface area contributed by atoms with Crippen LogP contribution in [0.3, 0.4) is 0 Å². The van der Waals surface area contributed by atoms with Gasteiger partial charge in [0.05, 0.1) is 17.1 Å². The highest BCUT2D eigenvalue weighted by Crippen LogP contribution is 2.47. The molecule has 0 heterocycles. The molecular formula is C27H25NO4. The van der Waals surface area contributed by atoms with Gasteiger partial charge in [-0.05, 0) is 79.9 Å².